The number of aliphatic hydroxyl groups excluding tert-OH is 2. The molecule has 0 radical (unpaired) electrons. The lowest BCUT2D eigenvalue weighted by Crippen LogP contribution is -2.48. The number of nitrogens with zero attached hydrogens (tertiary/aromatic N) is 2. The van der Waals surface area contributed by atoms with Crippen LogP contribution in [0.2, 0.25) is 0 Å². The van der Waals surface area contributed by atoms with E-state index in [4.69, 9.17) is 24.4 Å². The Kier molecular flexibility index (Phi) is 25.4. The second kappa shape index (κ2) is 28.1. The van der Waals surface area contributed by atoms with Crippen LogP contribution in [0.15, 0.2) is 12.2 Å². The van der Waals surface area contributed by atoms with Gasteiger partial charge in [0.1, 0.15) is 50.3 Å². The number of carboxylic acids is 4. The summed E-state index contributed by atoms with van der Waals surface area (Å²) in [7, 11) is 0. The summed E-state index contributed by atoms with van der Waals surface area (Å²) in [4.78, 5) is 95.8. The zero-order valence-electron chi connectivity index (χ0n) is 41.9. The fourth-order valence-electron chi connectivity index (χ4n) is 7.90. The summed E-state index contributed by atoms with van der Waals surface area (Å²) in [5, 5.41) is 60.0. The Morgan fingerprint density at radius 3 is 1.56 bits per heavy atom. The van der Waals surface area contributed by atoms with Gasteiger partial charge in [0.05, 0.1) is 29.2 Å². The minimum Gasteiger partial charge on any atom is -0.481 e. The third kappa shape index (κ3) is 18.7. The number of carbonyl (C=O) groups is 8. The fraction of sp³-hybridized carbons (Fsp3) is 0.792. The van der Waals surface area contributed by atoms with Crippen LogP contribution in [-0.4, -0.2) is 152 Å². The minimum absolute atomic E-state index is 0.0605. The Labute approximate surface area is 401 Å². The van der Waals surface area contributed by atoms with Crippen molar-refractivity contribution in [2.75, 3.05) is 39.5 Å². The number of hydrogen-bond donors (Lipinski definition) is 7. The van der Waals surface area contributed by atoms with Crippen molar-refractivity contribution in [2.45, 2.75) is 164 Å². The van der Waals surface area contributed by atoms with Gasteiger partial charge < -0.3 is 50.2 Å². The van der Waals surface area contributed by atoms with Gasteiger partial charge in [-0.2, -0.15) is 0 Å². The molecular weight excluding hydrogens is 891 g/mol. The molecule has 0 bridgehead atoms. The molecule has 0 aromatic heterocycles. The first-order chi connectivity index (χ1) is 31.5. The van der Waals surface area contributed by atoms with Crippen LogP contribution in [0.25, 0.3) is 0 Å². The Hall–Kier alpha value is -4.66. The first-order valence-corrected chi connectivity index (χ1v) is 23.7. The molecule has 1 saturated carbocycles. The molecule has 2 heterocycles. The third-order valence-corrected chi connectivity index (χ3v) is 13.7. The minimum atomic E-state index is -1.34. The zero-order chi connectivity index (χ0) is 52.3. The molecule has 0 aromatic rings. The van der Waals surface area contributed by atoms with E-state index in [1.807, 2.05) is 20.8 Å². The van der Waals surface area contributed by atoms with E-state index in [9.17, 15) is 58.8 Å². The lowest BCUT2D eigenvalue weighted by molar-refractivity contribution is -0.165. The van der Waals surface area contributed by atoms with Crippen molar-refractivity contribution in [1.82, 2.24) is 15.1 Å². The van der Waals surface area contributed by atoms with Crippen LogP contribution in [0.1, 0.15) is 140 Å². The highest BCUT2D eigenvalue weighted by molar-refractivity contribution is 5.97. The maximum atomic E-state index is 12.1. The van der Waals surface area contributed by atoms with Crippen LogP contribution in [0.3, 0.4) is 0 Å². The Balaban J connectivity index is 0.000000516. The lowest BCUT2D eigenvalue weighted by atomic mass is 9.79. The second-order valence-corrected chi connectivity index (χ2v) is 19.9. The fourth-order valence-corrected chi connectivity index (χ4v) is 7.90. The van der Waals surface area contributed by atoms with E-state index >= 15 is 0 Å². The molecule has 3 aliphatic rings. The number of esters is 3. The van der Waals surface area contributed by atoms with Gasteiger partial charge in [0.2, 0.25) is 5.91 Å². The SMILES string of the molecule is C=C(C)C1CN(C(O)COC(=O)C(C)(C)CC)C(C(=O)O)C1CC(=O)O.CCC(C)(C)C(=O)OCC(O)N1CCCC1C(=O)O.CCC(C)(C)C(=O)OCCNC(=O)C(C(=O)O)C1CCCCC1. The normalized spacial score (nSPS) is 21.6. The van der Waals surface area contributed by atoms with Gasteiger partial charge in [-0.05, 0) is 105 Å². The molecule has 68 heavy (non-hydrogen) atoms. The summed E-state index contributed by atoms with van der Waals surface area (Å²) >= 11 is 0. The Morgan fingerprint density at radius 1 is 0.676 bits per heavy atom. The van der Waals surface area contributed by atoms with Gasteiger partial charge in [0.15, 0.2) is 0 Å². The number of ether oxygens (including phenoxy) is 3. The molecule has 0 aromatic carbocycles. The number of hydrogen-bond acceptors (Lipinski definition) is 15. The number of amides is 1. The molecule has 2 saturated heterocycles. The maximum Gasteiger partial charge on any atom is 0.321 e. The van der Waals surface area contributed by atoms with Crippen LogP contribution in [0.5, 0.6) is 0 Å². The molecule has 2 aliphatic heterocycles. The smallest absolute Gasteiger partial charge is 0.321 e. The van der Waals surface area contributed by atoms with Crippen molar-refractivity contribution in [3.8, 4) is 0 Å². The highest BCUT2D eigenvalue weighted by atomic mass is 16.6. The Morgan fingerprint density at radius 2 is 1.15 bits per heavy atom. The van der Waals surface area contributed by atoms with E-state index < -0.39 is 88.4 Å². The average molecular weight is 972 g/mol. The molecule has 390 valence electrons. The topological polar surface area (TPSA) is 304 Å². The molecule has 20 nitrogen and oxygen atoms in total. The molecule has 20 heteroatoms. The van der Waals surface area contributed by atoms with Crippen molar-refractivity contribution in [3.63, 3.8) is 0 Å². The largest absolute Gasteiger partial charge is 0.481 e. The molecule has 3 rings (SSSR count). The van der Waals surface area contributed by atoms with E-state index in [1.165, 1.54) is 9.80 Å². The molecule has 1 amide bonds. The summed E-state index contributed by atoms with van der Waals surface area (Å²) < 4.78 is 15.4. The summed E-state index contributed by atoms with van der Waals surface area (Å²) in [5.74, 6) is -8.20. The van der Waals surface area contributed by atoms with Gasteiger partial charge in [-0.3, -0.25) is 48.2 Å². The van der Waals surface area contributed by atoms with Gasteiger partial charge >= 0.3 is 41.8 Å². The van der Waals surface area contributed by atoms with Crippen LogP contribution in [-0.2, 0) is 52.6 Å². The standard InChI is InChI=1S/C18H29NO7.C17H29NO5.C13H23NO5/c1-6-18(4,5)17(25)26-9-13(20)19-8-12(10(2)3)11(7-14(21)22)15(19)16(23)24;1-4-17(2,3)16(22)23-11-10-18-14(19)13(15(20)21)12-8-6-5-7-9-12;1-4-13(2,3)12(18)19-8-10(15)14-7-5-6-9(14)11(16)17/h11-13,15,20H,2,6-9H2,1,3-5H3,(H,21,22)(H,23,24);12-13H,4-11H2,1-3H3,(H,18,19)(H,20,21);9-10,15H,4-8H2,1-3H3,(H,16,17). The predicted octanol–water partition coefficient (Wildman–Crippen LogP) is 4.53. The van der Waals surface area contributed by atoms with E-state index in [0.29, 0.717) is 37.8 Å². The number of likely N-dealkylation sites (tertiary alicyclic amines) is 2. The van der Waals surface area contributed by atoms with E-state index in [2.05, 4.69) is 11.9 Å². The van der Waals surface area contributed by atoms with Crippen LogP contribution >= 0.6 is 0 Å². The van der Waals surface area contributed by atoms with Crippen LogP contribution < -0.4 is 5.32 Å². The molecule has 7 unspecified atom stereocenters. The van der Waals surface area contributed by atoms with Gasteiger partial charge in [-0.15, -0.1) is 0 Å². The summed E-state index contributed by atoms with van der Waals surface area (Å²) in [6, 6.07) is -1.88. The predicted molar refractivity (Wildman–Crippen MR) is 247 cm³/mol. The second-order valence-electron chi connectivity index (χ2n) is 19.9. The molecule has 1 aliphatic carbocycles. The van der Waals surface area contributed by atoms with Crippen molar-refractivity contribution in [2.24, 2.45) is 39.9 Å². The highest BCUT2D eigenvalue weighted by Crippen LogP contribution is 2.38. The Bertz CT molecular complexity index is 1730. The van der Waals surface area contributed by atoms with Gasteiger partial charge in [-0.25, -0.2) is 0 Å². The lowest BCUT2D eigenvalue weighted by Gasteiger charge is -2.29. The van der Waals surface area contributed by atoms with Crippen molar-refractivity contribution in [1.29, 1.82) is 0 Å². The first kappa shape index (κ1) is 61.4. The number of carboxylic acid groups (broad SMARTS) is 4. The molecule has 7 N–H and O–H groups in total. The van der Waals surface area contributed by atoms with E-state index in [0.717, 1.165) is 38.5 Å². The third-order valence-electron chi connectivity index (χ3n) is 13.7. The number of rotatable bonds is 23. The quantitative estimate of drug-likeness (QED) is 0.0243. The number of aliphatic hydroxyl groups is 2. The van der Waals surface area contributed by atoms with E-state index in [-0.39, 0.29) is 63.1 Å². The van der Waals surface area contributed by atoms with Crippen molar-refractivity contribution < 1.29 is 83.2 Å². The summed E-state index contributed by atoms with van der Waals surface area (Å²) in [6.07, 6.45) is 4.99. The van der Waals surface area contributed by atoms with Gasteiger partial charge in [0, 0.05) is 19.0 Å². The number of aliphatic carboxylic acids is 4. The first-order valence-electron chi connectivity index (χ1n) is 23.7. The monoisotopic (exact) mass is 972 g/mol. The summed E-state index contributed by atoms with van der Waals surface area (Å²) in [6.45, 7) is 22.0. The van der Waals surface area contributed by atoms with Crippen LogP contribution in [0, 0.1) is 39.9 Å². The molecule has 3 fully saturated rings. The van der Waals surface area contributed by atoms with Crippen molar-refractivity contribution in [3.05, 3.63) is 12.2 Å². The number of carbonyl (C=O) groups excluding carboxylic acids is 4. The zero-order valence-corrected chi connectivity index (χ0v) is 41.9. The van der Waals surface area contributed by atoms with Crippen molar-refractivity contribution >= 4 is 47.7 Å². The molecule has 0 spiro atoms. The number of nitrogens with one attached hydrogen (secondary N) is 1. The molecular formula is C48H81N3O17. The summed E-state index contributed by atoms with van der Waals surface area (Å²) in [5.41, 5.74) is -1.18. The molecule has 7 atom stereocenters. The van der Waals surface area contributed by atoms with Gasteiger partial charge in [0.25, 0.3) is 0 Å². The highest BCUT2D eigenvalue weighted by Gasteiger charge is 2.49. The van der Waals surface area contributed by atoms with Gasteiger partial charge in [-0.1, -0.05) is 52.2 Å². The maximum absolute atomic E-state index is 12.1. The van der Waals surface area contributed by atoms with Crippen LogP contribution in [0.4, 0.5) is 0 Å². The van der Waals surface area contributed by atoms with E-state index in [1.54, 1.807) is 48.5 Å². The average Bonchev–Trinajstić information content (AvgIpc) is 3.93.